The lowest BCUT2D eigenvalue weighted by Crippen LogP contribution is -2.38. The molecule has 8 heteroatoms. The molecule has 5 nitrogen and oxygen atoms in total. The molecule has 112 valence electrons. The summed E-state index contributed by atoms with van der Waals surface area (Å²) in [5, 5.41) is 12.9. The van der Waals surface area contributed by atoms with Gasteiger partial charge < -0.3 is 15.7 Å². The third-order valence-electron chi connectivity index (χ3n) is 2.42. The average Bonchev–Trinajstić information content (AvgIpc) is 2.24. The van der Waals surface area contributed by atoms with Crippen LogP contribution >= 0.6 is 0 Å². The van der Waals surface area contributed by atoms with Crippen LogP contribution in [-0.4, -0.2) is 42.8 Å². The molecular formula is C11H19F3N2O3. The molecule has 1 atom stereocenters. The SMILES string of the molecule is CC(CCNC(=O)CNCC(F)(F)F)CCC(=O)O. The highest BCUT2D eigenvalue weighted by Gasteiger charge is 2.26. The van der Waals surface area contributed by atoms with Crippen LogP contribution in [0.3, 0.4) is 0 Å². The molecule has 0 heterocycles. The Hall–Kier alpha value is -1.31. The van der Waals surface area contributed by atoms with Crippen molar-refractivity contribution in [2.45, 2.75) is 32.4 Å². The highest BCUT2D eigenvalue weighted by molar-refractivity contribution is 5.77. The molecule has 1 unspecified atom stereocenters. The van der Waals surface area contributed by atoms with Crippen molar-refractivity contribution in [3.05, 3.63) is 0 Å². The van der Waals surface area contributed by atoms with Crippen molar-refractivity contribution in [1.29, 1.82) is 0 Å². The number of aliphatic carboxylic acids is 1. The van der Waals surface area contributed by atoms with Gasteiger partial charge in [-0.3, -0.25) is 9.59 Å². The smallest absolute Gasteiger partial charge is 0.401 e. The van der Waals surface area contributed by atoms with Gasteiger partial charge in [-0.1, -0.05) is 6.92 Å². The number of carbonyl (C=O) groups is 2. The van der Waals surface area contributed by atoms with Crippen molar-refractivity contribution < 1.29 is 27.9 Å². The van der Waals surface area contributed by atoms with E-state index < -0.39 is 24.6 Å². The summed E-state index contributed by atoms with van der Waals surface area (Å²) in [4.78, 5) is 21.5. The standard InChI is InChI=1S/C11H19F3N2O3/c1-8(2-3-10(18)19)4-5-16-9(17)6-15-7-11(12,13)14/h8,15H,2-7H2,1H3,(H,16,17)(H,18,19). The van der Waals surface area contributed by atoms with Gasteiger partial charge in [-0.15, -0.1) is 0 Å². The van der Waals surface area contributed by atoms with Gasteiger partial charge in [0.25, 0.3) is 0 Å². The van der Waals surface area contributed by atoms with Gasteiger partial charge in [-0.25, -0.2) is 0 Å². The summed E-state index contributed by atoms with van der Waals surface area (Å²) in [6, 6.07) is 0. The highest BCUT2D eigenvalue weighted by Crippen LogP contribution is 2.11. The minimum Gasteiger partial charge on any atom is -0.481 e. The number of hydrogen-bond acceptors (Lipinski definition) is 3. The Bertz CT molecular complexity index is 295. The molecule has 0 saturated carbocycles. The van der Waals surface area contributed by atoms with Crippen molar-refractivity contribution in [2.75, 3.05) is 19.6 Å². The molecule has 0 radical (unpaired) electrons. The maximum atomic E-state index is 11.8. The van der Waals surface area contributed by atoms with E-state index in [4.69, 9.17) is 5.11 Å². The summed E-state index contributed by atoms with van der Waals surface area (Å²) in [5.41, 5.74) is 0. The molecule has 0 aliphatic heterocycles. The van der Waals surface area contributed by atoms with Crippen LogP contribution in [0.15, 0.2) is 0 Å². The lowest BCUT2D eigenvalue weighted by Gasteiger charge is -2.11. The summed E-state index contributed by atoms with van der Waals surface area (Å²) >= 11 is 0. The van der Waals surface area contributed by atoms with Crippen LogP contribution in [0.4, 0.5) is 13.2 Å². The molecule has 0 fully saturated rings. The van der Waals surface area contributed by atoms with Crippen LogP contribution in [0.25, 0.3) is 0 Å². The first kappa shape index (κ1) is 17.7. The molecule has 0 rings (SSSR count). The zero-order valence-electron chi connectivity index (χ0n) is 10.7. The predicted molar refractivity (Wildman–Crippen MR) is 62.6 cm³/mol. The van der Waals surface area contributed by atoms with E-state index in [1.807, 2.05) is 12.2 Å². The minimum absolute atomic E-state index is 0.0717. The van der Waals surface area contributed by atoms with Gasteiger partial charge in [0.2, 0.25) is 5.91 Å². The topological polar surface area (TPSA) is 78.4 Å². The Morgan fingerprint density at radius 1 is 1.26 bits per heavy atom. The summed E-state index contributed by atoms with van der Waals surface area (Å²) in [5.74, 6) is -1.23. The van der Waals surface area contributed by atoms with E-state index in [2.05, 4.69) is 5.32 Å². The lowest BCUT2D eigenvalue weighted by atomic mass is 10.0. The Kier molecular flexibility index (Phi) is 8.13. The van der Waals surface area contributed by atoms with E-state index in [0.29, 0.717) is 19.4 Å². The molecule has 0 aliphatic carbocycles. The Balaban J connectivity index is 3.55. The highest BCUT2D eigenvalue weighted by atomic mass is 19.4. The zero-order valence-corrected chi connectivity index (χ0v) is 10.7. The second-order valence-corrected chi connectivity index (χ2v) is 4.39. The minimum atomic E-state index is -4.33. The van der Waals surface area contributed by atoms with Crippen molar-refractivity contribution in [3.63, 3.8) is 0 Å². The number of carboxylic acids is 1. The van der Waals surface area contributed by atoms with Crippen LogP contribution < -0.4 is 10.6 Å². The zero-order chi connectivity index (χ0) is 14.9. The molecule has 3 N–H and O–H groups in total. The van der Waals surface area contributed by atoms with Crippen molar-refractivity contribution in [1.82, 2.24) is 10.6 Å². The molecular weight excluding hydrogens is 265 g/mol. The first-order chi connectivity index (χ1) is 8.70. The third-order valence-corrected chi connectivity index (χ3v) is 2.42. The molecule has 0 spiro atoms. The molecule has 0 aromatic rings. The quantitative estimate of drug-likeness (QED) is 0.593. The van der Waals surface area contributed by atoms with Gasteiger partial charge in [0.05, 0.1) is 13.1 Å². The molecule has 0 aromatic carbocycles. The summed E-state index contributed by atoms with van der Waals surface area (Å²) in [6.07, 6.45) is -3.15. The van der Waals surface area contributed by atoms with Crippen LogP contribution in [0.1, 0.15) is 26.2 Å². The normalized spacial score (nSPS) is 13.1. The fraction of sp³-hybridized carbons (Fsp3) is 0.818. The largest absolute Gasteiger partial charge is 0.481 e. The Morgan fingerprint density at radius 2 is 1.89 bits per heavy atom. The summed E-state index contributed by atoms with van der Waals surface area (Å²) in [7, 11) is 0. The number of rotatable bonds is 9. The fourth-order valence-electron chi connectivity index (χ4n) is 1.35. The van der Waals surface area contributed by atoms with E-state index in [0.717, 1.165) is 0 Å². The Labute approximate surface area is 109 Å². The van der Waals surface area contributed by atoms with E-state index in [9.17, 15) is 22.8 Å². The van der Waals surface area contributed by atoms with E-state index in [1.165, 1.54) is 0 Å². The van der Waals surface area contributed by atoms with Crippen molar-refractivity contribution in [3.8, 4) is 0 Å². The number of hydrogen-bond donors (Lipinski definition) is 3. The third kappa shape index (κ3) is 12.9. The van der Waals surface area contributed by atoms with Crippen LogP contribution in [0, 0.1) is 5.92 Å². The first-order valence-electron chi connectivity index (χ1n) is 5.96. The van der Waals surface area contributed by atoms with E-state index in [-0.39, 0.29) is 18.9 Å². The van der Waals surface area contributed by atoms with Gasteiger partial charge in [-0.2, -0.15) is 13.2 Å². The van der Waals surface area contributed by atoms with Gasteiger partial charge in [0.1, 0.15) is 0 Å². The number of nitrogens with one attached hydrogen (secondary N) is 2. The monoisotopic (exact) mass is 284 g/mol. The number of carbonyl (C=O) groups excluding carboxylic acids is 1. The molecule has 0 bridgehead atoms. The molecule has 0 aliphatic rings. The van der Waals surface area contributed by atoms with Crippen molar-refractivity contribution >= 4 is 11.9 Å². The second kappa shape index (κ2) is 8.73. The maximum Gasteiger partial charge on any atom is 0.401 e. The van der Waals surface area contributed by atoms with Gasteiger partial charge in [0.15, 0.2) is 0 Å². The number of alkyl halides is 3. The number of halogens is 3. The Morgan fingerprint density at radius 3 is 2.42 bits per heavy atom. The molecule has 0 aromatic heterocycles. The van der Waals surface area contributed by atoms with E-state index in [1.54, 1.807) is 0 Å². The van der Waals surface area contributed by atoms with Crippen LogP contribution in [0.2, 0.25) is 0 Å². The van der Waals surface area contributed by atoms with Crippen LogP contribution in [0.5, 0.6) is 0 Å². The van der Waals surface area contributed by atoms with Crippen molar-refractivity contribution in [2.24, 2.45) is 5.92 Å². The first-order valence-corrected chi connectivity index (χ1v) is 5.96. The maximum absolute atomic E-state index is 11.8. The number of amides is 1. The van der Waals surface area contributed by atoms with E-state index >= 15 is 0 Å². The van der Waals surface area contributed by atoms with Gasteiger partial charge in [0, 0.05) is 13.0 Å². The summed E-state index contributed by atoms with van der Waals surface area (Å²) in [6.45, 7) is 0.600. The average molecular weight is 284 g/mol. The van der Waals surface area contributed by atoms with Gasteiger partial charge in [-0.05, 0) is 18.8 Å². The number of carboxylic acid groups (broad SMARTS) is 1. The summed E-state index contributed by atoms with van der Waals surface area (Å²) < 4.78 is 35.3. The molecule has 1 amide bonds. The van der Waals surface area contributed by atoms with Crippen LogP contribution in [-0.2, 0) is 9.59 Å². The lowest BCUT2D eigenvalue weighted by molar-refractivity contribution is -0.137. The molecule has 0 saturated heterocycles. The predicted octanol–water partition coefficient (Wildman–Crippen LogP) is 1.15. The molecule has 19 heavy (non-hydrogen) atoms. The second-order valence-electron chi connectivity index (χ2n) is 4.39. The van der Waals surface area contributed by atoms with Gasteiger partial charge >= 0.3 is 12.1 Å². The fourth-order valence-corrected chi connectivity index (χ4v) is 1.35.